The summed E-state index contributed by atoms with van der Waals surface area (Å²) in [6.45, 7) is 4.28. The number of ketones is 1. The van der Waals surface area contributed by atoms with Crippen LogP contribution in [0.1, 0.15) is 55.2 Å². The van der Waals surface area contributed by atoms with E-state index in [0.29, 0.717) is 42.2 Å². The van der Waals surface area contributed by atoms with Crippen molar-refractivity contribution in [3.05, 3.63) is 107 Å². The average Bonchev–Trinajstić information content (AvgIpc) is 2.96. The standard InChI is InChI=1S/C33H33NO5/c1-4-38-33(36)30-21(2)34-26-17-25(23-13-9-6-10-14-23)18-27(35)32(26)31(30)24-15-16-28(29(19-24)37-3)39-20-22-11-7-5-8-12-22/h5-16,19,25,30-31H,4,17-18,20H2,1-3H3/t25-,30?,31-/m1/s1. The molecule has 1 aliphatic carbocycles. The minimum absolute atomic E-state index is 0.0176. The van der Waals surface area contributed by atoms with Crippen LogP contribution in [0.25, 0.3) is 0 Å². The maximum absolute atomic E-state index is 13.8. The third-order valence-electron chi connectivity index (χ3n) is 7.48. The molecule has 39 heavy (non-hydrogen) atoms. The molecular weight excluding hydrogens is 490 g/mol. The summed E-state index contributed by atoms with van der Waals surface area (Å²) in [6.07, 6.45) is 1.02. The molecule has 1 aliphatic heterocycles. The molecule has 5 rings (SSSR count). The predicted octanol–water partition coefficient (Wildman–Crippen LogP) is 6.41. The summed E-state index contributed by atoms with van der Waals surface area (Å²) >= 11 is 0. The van der Waals surface area contributed by atoms with Crippen molar-refractivity contribution in [1.82, 2.24) is 0 Å². The average molecular weight is 524 g/mol. The van der Waals surface area contributed by atoms with Gasteiger partial charge in [0.25, 0.3) is 0 Å². The van der Waals surface area contributed by atoms with Crippen molar-refractivity contribution in [2.24, 2.45) is 10.9 Å². The molecule has 3 aromatic rings. The second-order valence-corrected chi connectivity index (χ2v) is 9.94. The number of Topliss-reactive ketones (excluding diaryl/α,β-unsaturated/α-hetero) is 1. The number of carbonyl (C=O) groups excluding carboxylic acids is 2. The van der Waals surface area contributed by atoms with Gasteiger partial charge in [0.1, 0.15) is 12.5 Å². The molecule has 0 amide bonds. The largest absolute Gasteiger partial charge is 0.493 e. The second kappa shape index (κ2) is 11.7. The Morgan fingerprint density at radius 3 is 2.33 bits per heavy atom. The lowest BCUT2D eigenvalue weighted by molar-refractivity contribution is -0.146. The third-order valence-corrected chi connectivity index (χ3v) is 7.48. The zero-order valence-electron chi connectivity index (χ0n) is 22.6. The van der Waals surface area contributed by atoms with Gasteiger partial charge < -0.3 is 14.2 Å². The zero-order valence-corrected chi connectivity index (χ0v) is 22.6. The van der Waals surface area contributed by atoms with Crippen LogP contribution in [-0.4, -0.2) is 31.2 Å². The van der Waals surface area contributed by atoms with Crippen molar-refractivity contribution in [3.8, 4) is 11.5 Å². The van der Waals surface area contributed by atoms with E-state index in [1.165, 1.54) is 0 Å². The Labute approximate surface area is 229 Å². The number of hydrogen-bond acceptors (Lipinski definition) is 6. The van der Waals surface area contributed by atoms with E-state index in [1.807, 2.05) is 73.7 Å². The summed E-state index contributed by atoms with van der Waals surface area (Å²) in [5.74, 6) is -0.386. The lowest BCUT2D eigenvalue weighted by atomic mass is 9.69. The summed E-state index contributed by atoms with van der Waals surface area (Å²) in [7, 11) is 1.59. The molecule has 0 aromatic heterocycles. The molecule has 6 nitrogen and oxygen atoms in total. The zero-order chi connectivity index (χ0) is 27.4. The molecule has 3 atom stereocenters. The monoisotopic (exact) mass is 523 g/mol. The molecule has 0 N–H and O–H groups in total. The SMILES string of the molecule is CCOC(=O)C1C(C)=NC2=C(C(=O)C[C@H](c3ccccc3)C2)[C@@H]1c1ccc(OCc2ccccc2)c(OC)c1. The van der Waals surface area contributed by atoms with Crippen LogP contribution in [0.3, 0.4) is 0 Å². The Morgan fingerprint density at radius 2 is 1.64 bits per heavy atom. The fourth-order valence-corrected chi connectivity index (χ4v) is 5.65. The summed E-state index contributed by atoms with van der Waals surface area (Å²) in [5.41, 5.74) is 4.97. The molecule has 0 spiro atoms. The van der Waals surface area contributed by atoms with Crippen LogP contribution in [0.2, 0.25) is 0 Å². The number of benzene rings is 3. The molecule has 1 unspecified atom stereocenters. The number of aliphatic imine (C=N–C) groups is 1. The van der Waals surface area contributed by atoms with Gasteiger partial charge in [0.05, 0.1) is 13.7 Å². The summed E-state index contributed by atoms with van der Waals surface area (Å²) < 4.78 is 17.2. The molecule has 0 fully saturated rings. The summed E-state index contributed by atoms with van der Waals surface area (Å²) in [5, 5.41) is 0. The number of methoxy groups -OCH3 is 1. The van der Waals surface area contributed by atoms with Gasteiger partial charge in [-0.2, -0.15) is 0 Å². The number of allylic oxidation sites excluding steroid dienone is 2. The van der Waals surface area contributed by atoms with Crippen molar-refractivity contribution < 1.29 is 23.8 Å². The van der Waals surface area contributed by atoms with Gasteiger partial charge in [-0.25, -0.2) is 0 Å². The lowest BCUT2D eigenvalue weighted by Crippen LogP contribution is -2.38. The summed E-state index contributed by atoms with van der Waals surface area (Å²) in [6, 6.07) is 25.6. The minimum atomic E-state index is -0.693. The molecule has 0 bridgehead atoms. The first-order valence-corrected chi connectivity index (χ1v) is 13.4. The minimum Gasteiger partial charge on any atom is -0.493 e. The Kier molecular flexibility index (Phi) is 7.92. The fraction of sp³-hybridized carbons (Fsp3) is 0.303. The number of ether oxygens (including phenoxy) is 3. The number of carbonyl (C=O) groups is 2. The first-order chi connectivity index (χ1) is 19.0. The van der Waals surface area contributed by atoms with Crippen molar-refractivity contribution >= 4 is 17.5 Å². The Morgan fingerprint density at radius 1 is 0.923 bits per heavy atom. The molecule has 200 valence electrons. The Hall–Kier alpha value is -4.19. The van der Waals surface area contributed by atoms with Crippen molar-refractivity contribution in [2.75, 3.05) is 13.7 Å². The number of rotatable bonds is 8. The van der Waals surface area contributed by atoms with Gasteiger partial charge >= 0.3 is 5.97 Å². The van der Waals surface area contributed by atoms with Crippen LogP contribution in [0.4, 0.5) is 0 Å². The van der Waals surface area contributed by atoms with E-state index < -0.39 is 11.8 Å². The second-order valence-electron chi connectivity index (χ2n) is 9.94. The maximum Gasteiger partial charge on any atom is 0.315 e. The number of nitrogens with zero attached hydrogens (tertiary/aromatic N) is 1. The van der Waals surface area contributed by atoms with E-state index in [4.69, 9.17) is 19.2 Å². The van der Waals surface area contributed by atoms with Gasteiger partial charge in [-0.3, -0.25) is 14.6 Å². The van der Waals surface area contributed by atoms with Gasteiger partial charge in [-0.05, 0) is 55.0 Å². The lowest BCUT2D eigenvalue weighted by Gasteiger charge is -2.36. The highest BCUT2D eigenvalue weighted by molar-refractivity contribution is 6.09. The maximum atomic E-state index is 13.8. The summed E-state index contributed by atoms with van der Waals surface area (Å²) in [4.78, 5) is 31.9. The van der Waals surface area contributed by atoms with E-state index in [2.05, 4.69) is 12.1 Å². The number of hydrogen-bond donors (Lipinski definition) is 0. The third kappa shape index (κ3) is 5.51. The molecule has 0 radical (unpaired) electrons. The highest BCUT2D eigenvalue weighted by atomic mass is 16.5. The Balaban J connectivity index is 1.53. The quantitative estimate of drug-likeness (QED) is 0.319. The predicted molar refractivity (Wildman–Crippen MR) is 150 cm³/mol. The van der Waals surface area contributed by atoms with E-state index >= 15 is 0 Å². The van der Waals surface area contributed by atoms with Crippen LogP contribution >= 0.6 is 0 Å². The molecule has 6 heteroatoms. The first kappa shape index (κ1) is 26.4. The topological polar surface area (TPSA) is 74.2 Å². The van der Waals surface area contributed by atoms with Crippen LogP contribution in [0.5, 0.6) is 11.5 Å². The van der Waals surface area contributed by atoms with Gasteiger partial charge in [0, 0.05) is 29.3 Å². The van der Waals surface area contributed by atoms with E-state index in [-0.39, 0.29) is 24.3 Å². The van der Waals surface area contributed by atoms with Crippen LogP contribution < -0.4 is 9.47 Å². The van der Waals surface area contributed by atoms with Crippen LogP contribution in [0, 0.1) is 5.92 Å². The molecular formula is C33H33NO5. The van der Waals surface area contributed by atoms with Crippen molar-refractivity contribution in [2.45, 2.75) is 45.1 Å². The van der Waals surface area contributed by atoms with Crippen LogP contribution in [-0.2, 0) is 20.9 Å². The van der Waals surface area contributed by atoms with Crippen molar-refractivity contribution in [1.29, 1.82) is 0 Å². The van der Waals surface area contributed by atoms with E-state index in [0.717, 1.165) is 22.4 Å². The Bertz CT molecular complexity index is 1410. The number of esters is 1. The van der Waals surface area contributed by atoms with Gasteiger partial charge in [0.15, 0.2) is 17.3 Å². The highest BCUT2D eigenvalue weighted by Crippen LogP contribution is 2.48. The normalized spacial score (nSPS) is 20.6. The van der Waals surface area contributed by atoms with Gasteiger partial charge in [-0.15, -0.1) is 0 Å². The molecule has 0 saturated carbocycles. The fourth-order valence-electron chi connectivity index (χ4n) is 5.65. The first-order valence-electron chi connectivity index (χ1n) is 13.4. The van der Waals surface area contributed by atoms with Gasteiger partial charge in [0.2, 0.25) is 0 Å². The molecule has 0 saturated heterocycles. The smallest absolute Gasteiger partial charge is 0.315 e. The van der Waals surface area contributed by atoms with Crippen LogP contribution in [0.15, 0.2) is 95.1 Å². The molecule has 3 aromatic carbocycles. The van der Waals surface area contributed by atoms with E-state index in [1.54, 1.807) is 14.0 Å². The molecule has 2 aliphatic rings. The molecule has 1 heterocycles. The van der Waals surface area contributed by atoms with E-state index in [9.17, 15) is 9.59 Å². The van der Waals surface area contributed by atoms with Crippen molar-refractivity contribution in [3.63, 3.8) is 0 Å². The highest BCUT2D eigenvalue weighted by Gasteiger charge is 2.45. The van der Waals surface area contributed by atoms with Gasteiger partial charge in [-0.1, -0.05) is 66.7 Å².